The first-order valence-electron chi connectivity index (χ1n) is 16.2. The van der Waals surface area contributed by atoms with E-state index < -0.39 is 41.7 Å². The van der Waals surface area contributed by atoms with Gasteiger partial charge in [0.05, 0.1) is 26.9 Å². The van der Waals surface area contributed by atoms with E-state index in [2.05, 4.69) is 10.1 Å². The van der Waals surface area contributed by atoms with Crippen molar-refractivity contribution in [3.05, 3.63) is 158 Å². The second kappa shape index (κ2) is 15.2. The minimum atomic E-state index is -2.63. The zero-order valence-electron chi connectivity index (χ0n) is 28.3. The number of nitrogens with zero attached hydrogens (tertiary/aromatic N) is 1. The highest BCUT2D eigenvalue weighted by Crippen LogP contribution is 2.49. The first kappa shape index (κ1) is 35.3. The first-order valence-corrected chi connectivity index (χ1v) is 19.3. The first-order chi connectivity index (χ1) is 24.1. The molecule has 0 radical (unpaired) electrons. The summed E-state index contributed by atoms with van der Waals surface area (Å²) < 4.78 is 32.8. The van der Waals surface area contributed by atoms with Crippen molar-refractivity contribution < 1.29 is 23.5 Å². The summed E-state index contributed by atoms with van der Waals surface area (Å²) >= 11 is 6.01. The van der Waals surface area contributed by atoms with Gasteiger partial charge in [0.25, 0.3) is 5.56 Å². The SMILES string of the molecule is COc1ccc(C(OC[C@H]2O[C@@H](n3cc(C)c(=O)[nH]c3=O)C[C@@H]2O[P@@](C)(=S)Nc2ccccc2)(c2ccccc2)c2ccc(OC)cc2)cc1. The predicted molar refractivity (Wildman–Crippen MR) is 198 cm³/mol. The second-order valence-corrected chi connectivity index (χ2v) is 16.3. The quantitative estimate of drug-likeness (QED) is 0.103. The summed E-state index contributed by atoms with van der Waals surface area (Å²) in [6.45, 7) is 3.58. The molecule has 1 aliphatic heterocycles. The van der Waals surface area contributed by atoms with Crippen LogP contribution in [-0.2, 0) is 31.4 Å². The number of nitrogens with one attached hydrogen (secondary N) is 2. The van der Waals surface area contributed by atoms with Gasteiger partial charge in [-0.2, -0.15) is 0 Å². The molecule has 1 aromatic heterocycles. The average Bonchev–Trinajstić information content (AvgIpc) is 3.52. The van der Waals surface area contributed by atoms with Crippen LogP contribution < -0.4 is 25.8 Å². The van der Waals surface area contributed by atoms with E-state index in [1.807, 2.05) is 116 Å². The lowest BCUT2D eigenvalue weighted by Crippen LogP contribution is -2.38. The van der Waals surface area contributed by atoms with Crippen LogP contribution in [0.1, 0.15) is 34.9 Å². The number of para-hydroxylation sites is 1. The smallest absolute Gasteiger partial charge is 0.330 e. The van der Waals surface area contributed by atoms with Gasteiger partial charge in [-0.15, -0.1) is 0 Å². The lowest BCUT2D eigenvalue weighted by Gasteiger charge is -2.37. The molecule has 0 bridgehead atoms. The van der Waals surface area contributed by atoms with E-state index in [1.54, 1.807) is 21.1 Å². The van der Waals surface area contributed by atoms with Crippen LogP contribution in [0.3, 0.4) is 0 Å². The number of hydrogen-bond acceptors (Lipinski definition) is 8. The number of benzene rings is 4. The molecule has 4 atom stereocenters. The molecule has 2 heterocycles. The molecule has 1 saturated heterocycles. The van der Waals surface area contributed by atoms with Crippen molar-refractivity contribution in [3.63, 3.8) is 0 Å². The molecule has 50 heavy (non-hydrogen) atoms. The van der Waals surface area contributed by atoms with Gasteiger partial charge in [0.2, 0.25) is 0 Å². The van der Waals surface area contributed by atoms with E-state index in [-0.39, 0.29) is 6.61 Å². The fourth-order valence-corrected chi connectivity index (χ4v) is 8.30. The van der Waals surface area contributed by atoms with Gasteiger partial charge in [-0.3, -0.25) is 14.3 Å². The Morgan fingerprint density at radius 3 is 1.96 bits per heavy atom. The highest BCUT2D eigenvalue weighted by molar-refractivity contribution is 8.12. The molecule has 1 aliphatic rings. The lowest BCUT2D eigenvalue weighted by molar-refractivity contribution is -0.0908. The van der Waals surface area contributed by atoms with Crippen LogP contribution in [0.5, 0.6) is 11.5 Å². The van der Waals surface area contributed by atoms with Crippen molar-refractivity contribution in [2.75, 3.05) is 32.6 Å². The summed E-state index contributed by atoms with van der Waals surface area (Å²) in [6, 6.07) is 35.2. The fourth-order valence-electron chi connectivity index (χ4n) is 6.25. The Morgan fingerprint density at radius 2 is 1.40 bits per heavy atom. The normalized spacial score (nSPS) is 18.7. The van der Waals surface area contributed by atoms with Crippen LogP contribution in [0.25, 0.3) is 0 Å². The third kappa shape index (κ3) is 7.62. The third-order valence-electron chi connectivity index (χ3n) is 8.72. The van der Waals surface area contributed by atoms with Crippen LogP contribution in [0, 0.1) is 6.92 Å². The van der Waals surface area contributed by atoms with E-state index in [0.717, 1.165) is 22.4 Å². The highest BCUT2D eigenvalue weighted by atomic mass is 32.4. The number of H-pyrrole nitrogens is 1. The molecular formula is C38H40N3O7PS. The van der Waals surface area contributed by atoms with Crippen LogP contribution in [-0.4, -0.2) is 49.3 Å². The van der Waals surface area contributed by atoms with Crippen molar-refractivity contribution in [1.82, 2.24) is 9.55 Å². The molecule has 1 fully saturated rings. The second-order valence-electron chi connectivity index (χ2n) is 12.1. The number of ether oxygens (including phenoxy) is 4. The minimum Gasteiger partial charge on any atom is -0.497 e. The van der Waals surface area contributed by atoms with Gasteiger partial charge in [0, 0.05) is 30.5 Å². The van der Waals surface area contributed by atoms with E-state index in [4.69, 9.17) is 35.3 Å². The number of aromatic nitrogens is 2. The molecule has 12 heteroatoms. The lowest BCUT2D eigenvalue weighted by atomic mass is 9.80. The summed E-state index contributed by atoms with van der Waals surface area (Å²) in [7, 11) is 3.26. The monoisotopic (exact) mass is 713 g/mol. The summed E-state index contributed by atoms with van der Waals surface area (Å²) in [5.41, 5.74) is 1.72. The van der Waals surface area contributed by atoms with Gasteiger partial charge < -0.3 is 28.6 Å². The molecule has 0 saturated carbocycles. The molecular weight excluding hydrogens is 673 g/mol. The number of hydrogen-bond donors (Lipinski definition) is 2. The molecule has 6 rings (SSSR count). The van der Waals surface area contributed by atoms with Crippen LogP contribution in [0.15, 0.2) is 125 Å². The van der Waals surface area contributed by atoms with Gasteiger partial charge in [0.15, 0.2) is 6.42 Å². The Bertz CT molecular complexity index is 2010. The Morgan fingerprint density at radius 1 is 0.860 bits per heavy atom. The van der Waals surface area contributed by atoms with Crippen LogP contribution >= 0.6 is 6.42 Å². The van der Waals surface area contributed by atoms with Gasteiger partial charge in [-0.25, -0.2) is 4.79 Å². The highest BCUT2D eigenvalue weighted by Gasteiger charge is 2.44. The molecule has 2 N–H and O–H groups in total. The molecule has 0 unspecified atom stereocenters. The molecule has 0 aliphatic carbocycles. The molecule has 0 spiro atoms. The van der Waals surface area contributed by atoms with Gasteiger partial charge in [0.1, 0.15) is 29.4 Å². The van der Waals surface area contributed by atoms with Gasteiger partial charge >= 0.3 is 5.69 Å². The molecule has 0 amide bonds. The largest absolute Gasteiger partial charge is 0.497 e. The average molecular weight is 714 g/mol. The van der Waals surface area contributed by atoms with Crippen molar-refractivity contribution in [2.24, 2.45) is 0 Å². The van der Waals surface area contributed by atoms with Crippen molar-refractivity contribution in [3.8, 4) is 11.5 Å². The Balaban J connectivity index is 1.41. The van der Waals surface area contributed by atoms with Crippen molar-refractivity contribution in [2.45, 2.75) is 37.4 Å². The molecule has 5 aromatic rings. The zero-order valence-corrected chi connectivity index (χ0v) is 30.0. The van der Waals surface area contributed by atoms with Crippen molar-refractivity contribution >= 4 is 23.9 Å². The van der Waals surface area contributed by atoms with E-state index in [1.165, 1.54) is 10.8 Å². The topological polar surface area (TPSA) is 113 Å². The number of methoxy groups -OCH3 is 2. The summed E-state index contributed by atoms with van der Waals surface area (Å²) in [4.78, 5) is 27.6. The Hall–Kier alpha value is -4.51. The number of aromatic amines is 1. The summed E-state index contributed by atoms with van der Waals surface area (Å²) in [5, 5.41) is 3.39. The van der Waals surface area contributed by atoms with Crippen LogP contribution in [0.2, 0.25) is 0 Å². The molecule has 260 valence electrons. The Kier molecular flexibility index (Phi) is 10.7. The zero-order chi connectivity index (χ0) is 35.3. The Labute approximate surface area is 296 Å². The maximum atomic E-state index is 13.0. The fraction of sp³-hybridized carbons (Fsp3) is 0.263. The number of aryl methyl sites for hydroxylation is 1. The van der Waals surface area contributed by atoms with Crippen LogP contribution in [0.4, 0.5) is 5.69 Å². The van der Waals surface area contributed by atoms with E-state index >= 15 is 0 Å². The molecule has 10 nitrogen and oxygen atoms in total. The van der Waals surface area contributed by atoms with Crippen molar-refractivity contribution in [1.29, 1.82) is 0 Å². The van der Waals surface area contributed by atoms with E-state index in [0.29, 0.717) is 23.5 Å². The van der Waals surface area contributed by atoms with Gasteiger partial charge in [-0.05, 0) is 71.8 Å². The predicted octanol–water partition coefficient (Wildman–Crippen LogP) is 6.60. The summed E-state index contributed by atoms with van der Waals surface area (Å²) in [6.07, 6.45) is -2.78. The molecule has 4 aromatic carbocycles. The maximum Gasteiger partial charge on any atom is 0.330 e. The maximum absolute atomic E-state index is 13.0. The summed E-state index contributed by atoms with van der Waals surface area (Å²) in [5.74, 6) is 1.42. The van der Waals surface area contributed by atoms with Gasteiger partial charge in [-0.1, -0.05) is 72.8 Å². The number of anilines is 1. The van der Waals surface area contributed by atoms with E-state index in [9.17, 15) is 9.59 Å². The standard InChI is InChI=1S/C38H40N3O7PS/c1-26-24-41(37(43)39-36(26)42)35-23-33(48-49(4,50)40-30-13-9-6-10-14-30)34(47-35)25-46-38(27-11-7-5-8-12-27,28-15-19-31(44-2)20-16-28)29-17-21-32(45-3)22-18-29/h5-22,24,33-35H,23,25H2,1-4H3,(H,40,50)(H,39,42,43)/t33-,34+,35+,49-/m0/s1. The number of rotatable bonds is 13. The minimum absolute atomic E-state index is 0.0614. The third-order valence-corrected chi connectivity index (χ3v) is 10.6.